The molecule has 0 aliphatic carbocycles. The van der Waals surface area contributed by atoms with E-state index in [1.54, 1.807) is 42.5 Å². The Morgan fingerprint density at radius 2 is 1.49 bits per heavy atom. The van der Waals surface area contributed by atoms with Gasteiger partial charge in [-0.25, -0.2) is 0 Å². The van der Waals surface area contributed by atoms with Crippen molar-refractivity contribution >= 4 is 28.7 Å². The molecule has 7 rings (SSSR count). The van der Waals surface area contributed by atoms with E-state index in [2.05, 4.69) is 50.1 Å². The monoisotopic (exact) mass is 851 g/mol. The zero-order valence-electron chi connectivity index (χ0n) is 35.0. The highest BCUT2D eigenvalue weighted by Crippen LogP contribution is 2.31. The Morgan fingerprint density at radius 1 is 0.778 bits per heavy atom. The van der Waals surface area contributed by atoms with Crippen molar-refractivity contribution < 1.29 is 34.1 Å². The van der Waals surface area contributed by atoms with Gasteiger partial charge in [-0.2, -0.15) is 0 Å². The van der Waals surface area contributed by atoms with Crippen molar-refractivity contribution in [3.8, 4) is 11.5 Å². The lowest BCUT2D eigenvalue weighted by Crippen LogP contribution is -2.36. The molecule has 326 valence electrons. The first-order valence-corrected chi connectivity index (χ1v) is 21.3. The molecule has 0 radical (unpaired) electrons. The van der Waals surface area contributed by atoms with Crippen LogP contribution in [0, 0.1) is 5.92 Å². The van der Waals surface area contributed by atoms with Crippen molar-refractivity contribution in [2.24, 2.45) is 5.92 Å². The molecule has 63 heavy (non-hydrogen) atoms. The van der Waals surface area contributed by atoms with Crippen LogP contribution in [-0.4, -0.2) is 83.8 Å². The predicted molar refractivity (Wildman–Crippen MR) is 240 cm³/mol. The van der Waals surface area contributed by atoms with E-state index >= 15 is 0 Å². The molecule has 1 unspecified atom stereocenters. The first-order chi connectivity index (χ1) is 30.7. The molecular weight excluding hydrogens is 799 g/mol. The van der Waals surface area contributed by atoms with E-state index in [4.69, 9.17) is 9.47 Å². The second-order valence-corrected chi connectivity index (χ2v) is 15.8. The normalized spacial score (nSPS) is 14.1. The molecule has 1 aliphatic heterocycles. The van der Waals surface area contributed by atoms with Crippen LogP contribution < -0.4 is 26.2 Å². The van der Waals surface area contributed by atoms with Gasteiger partial charge in [0.2, 0.25) is 5.56 Å². The van der Waals surface area contributed by atoms with E-state index in [9.17, 15) is 29.4 Å². The Kier molecular flexibility index (Phi) is 15.3. The molecule has 0 bridgehead atoms. The van der Waals surface area contributed by atoms with Gasteiger partial charge in [0.15, 0.2) is 6.61 Å². The van der Waals surface area contributed by atoms with Crippen molar-refractivity contribution in [2.75, 3.05) is 45.9 Å². The molecule has 2 atom stereocenters. The van der Waals surface area contributed by atoms with E-state index in [0.717, 1.165) is 43.6 Å². The summed E-state index contributed by atoms with van der Waals surface area (Å²) in [4.78, 5) is 55.9. The molecular formula is C50H53N5O8. The van der Waals surface area contributed by atoms with Crippen LogP contribution in [0.2, 0.25) is 0 Å². The van der Waals surface area contributed by atoms with Crippen LogP contribution in [0.25, 0.3) is 10.9 Å². The summed E-state index contributed by atoms with van der Waals surface area (Å²) in [5.41, 5.74) is 4.65. The smallest absolute Gasteiger partial charge is 0.317 e. The molecule has 0 spiro atoms. The number of carbonyl (C=O) groups is 3. The maximum atomic E-state index is 13.7. The molecule has 6 N–H and O–H groups in total. The highest BCUT2D eigenvalue weighted by molar-refractivity contribution is 5.94. The first kappa shape index (κ1) is 44.3. The molecule has 5 aromatic carbocycles. The Balaban J connectivity index is 0.818. The number of hydrogen-bond donors (Lipinski definition) is 6. The predicted octanol–water partition coefficient (Wildman–Crippen LogP) is 5.57. The number of aromatic amines is 1. The van der Waals surface area contributed by atoms with Crippen LogP contribution in [0.3, 0.4) is 0 Å². The second-order valence-electron chi connectivity index (χ2n) is 15.8. The van der Waals surface area contributed by atoms with Gasteiger partial charge in [-0.3, -0.25) is 24.1 Å². The number of phenolic OH excluding ortho intramolecular Hbond substituents is 1. The largest absolute Gasteiger partial charge is 0.506 e. The van der Waals surface area contributed by atoms with Crippen LogP contribution >= 0.6 is 0 Å². The molecule has 6 aromatic rings. The number of amides is 2. The number of phenols is 1. The standard InChI is InChI=1S/C50H53N5O8/c56-43-20-18-41(42-19-21-45(58)54-48(42)43)44(57)30-51-29-34-14-16-38(17-15-34)49(60)53-25-24-52-46(59)33-62-40-13-7-12-39(28-40)47(37-10-5-2-6-11-37)50(61)63-32-36-22-26-55(27-23-36)31-35-8-3-1-4-9-35/h1-21,28,36,44,47,51,56-57H,22-27,29-33H2,(H,52,59)(H,53,60)(H,54,58)/t44-,47?/m0/s1. The summed E-state index contributed by atoms with van der Waals surface area (Å²) < 4.78 is 11.8. The number of carbonyl (C=O) groups excluding carboxylic acids is 3. The number of rotatable bonds is 19. The van der Waals surface area contributed by atoms with Crippen molar-refractivity contribution in [1.29, 1.82) is 0 Å². The summed E-state index contributed by atoms with van der Waals surface area (Å²) in [5.74, 6) is -0.977. The van der Waals surface area contributed by atoms with Gasteiger partial charge in [0.1, 0.15) is 17.4 Å². The van der Waals surface area contributed by atoms with Gasteiger partial charge in [0.25, 0.3) is 11.8 Å². The number of piperidine rings is 1. The van der Waals surface area contributed by atoms with Crippen molar-refractivity contribution in [3.63, 3.8) is 0 Å². The number of aromatic hydroxyl groups is 1. The van der Waals surface area contributed by atoms with Crippen LogP contribution in [0.1, 0.15) is 63.0 Å². The number of pyridine rings is 1. The third kappa shape index (κ3) is 12.4. The van der Waals surface area contributed by atoms with Crippen molar-refractivity contribution in [2.45, 2.75) is 38.0 Å². The van der Waals surface area contributed by atoms with Gasteiger partial charge in [0, 0.05) is 49.7 Å². The molecule has 1 aromatic heterocycles. The fourth-order valence-corrected chi connectivity index (χ4v) is 7.80. The van der Waals surface area contributed by atoms with Crippen LogP contribution in [0.5, 0.6) is 11.5 Å². The average Bonchev–Trinajstić information content (AvgIpc) is 3.31. The zero-order chi connectivity index (χ0) is 44.0. The SMILES string of the molecule is O=C(COc1cccc(C(C(=O)OCC2CCN(Cc3ccccc3)CC2)c2ccccc2)c1)NCCNC(=O)c1ccc(CNC[C@H](O)c2ccc(O)c3[nH]c(=O)ccc23)cc1. The van der Waals surface area contributed by atoms with Gasteiger partial charge in [0.05, 0.1) is 18.2 Å². The highest BCUT2D eigenvalue weighted by Gasteiger charge is 2.27. The topological polar surface area (TPSA) is 182 Å². The minimum absolute atomic E-state index is 0.0730. The number of nitrogens with one attached hydrogen (secondary N) is 4. The highest BCUT2D eigenvalue weighted by atomic mass is 16.5. The lowest BCUT2D eigenvalue weighted by Gasteiger charge is -2.32. The number of hydrogen-bond acceptors (Lipinski definition) is 10. The molecule has 13 nitrogen and oxygen atoms in total. The van der Waals surface area contributed by atoms with E-state index in [1.165, 1.54) is 17.7 Å². The lowest BCUT2D eigenvalue weighted by atomic mass is 9.91. The van der Waals surface area contributed by atoms with E-state index in [0.29, 0.717) is 46.9 Å². The molecule has 2 heterocycles. The number of nitrogens with zero attached hydrogens (tertiary/aromatic N) is 1. The summed E-state index contributed by atoms with van der Waals surface area (Å²) in [6, 6.07) is 40.1. The van der Waals surface area contributed by atoms with Crippen molar-refractivity contribution in [1.82, 2.24) is 25.8 Å². The van der Waals surface area contributed by atoms with Crippen LogP contribution in [0.15, 0.2) is 138 Å². The number of H-pyrrole nitrogens is 1. The third-order valence-electron chi connectivity index (χ3n) is 11.2. The number of benzene rings is 5. The number of aromatic nitrogens is 1. The Hall–Kier alpha value is -6.80. The van der Waals surface area contributed by atoms with E-state index in [-0.39, 0.29) is 60.9 Å². The maximum Gasteiger partial charge on any atom is 0.317 e. The van der Waals surface area contributed by atoms with Gasteiger partial charge in [-0.15, -0.1) is 0 Å². The molecule has 1 fully saturated rings. The van der Waals surface area contributed by atoms with E-state index < -0.39 is 12.0 Å². The fraction of sp³-hybridized carbons (Fsp3) is 0.280. The summed E-state index contributed by atoms with van der Waals surface area (Å²) in [6.45, 7) is 4.00. The quantitative estimate of drug-likeness (QED) is 0.0446. The molecule has 1 saturated heterocycles. The van der Waals surface area contributed by atoms with Gasteiger partial charge < -0.3 is 40.6 Å². The third-order valence-corrected chi connectivity index (χ3v) is 11.2. The number of aliphatic hydroxyl groups is 1. The Bertz CT molecular complexity index is 2510. The maximum absolute atomic E-state index is 13.7. The fourth-order valence-electron chi connectivity index (χ4n) is 7.80. The van der Waals surface area contributed by atoms with E-state index in [1.807, 2.05) is 54.6 Å². The minimum atomic E-state index is -0.896. The van der Waals surface area contributed by atoms with Crippen molar-refractivity contribution in [3.05, 3.63) is 177 Å². The number of aliphatic hydroxyl groups excluding tert-OH is 1. The Labute approximate surface area is 366 Å². The van der Waals surface area contributed by atoms with Crippen LogP contribution in [-0.2, 0) is 27.4 Å². The average molecular weight is 852 g/mol. The van der Waals surface area contributed by atoms with Gasteiger partial charge in [-0.05, 0) is 96.1 Å². The summed E-state index contributed by atoms with van der Waals surface area (Å²) in [6.07, 6.45) is 1.03. The lowest BCUT2D eigenvalue weighted by molar-refractivity contribution is -0.146. The van der Waals surface area contributed by atoms with Crippen LogP contribution in [0.4, 0.5) is 0 Å². The van der Waals surface area contributed by atoms with Gasteiger partial charge in [-0.1, -0.05) is 91.0 Å². The number of likely N-dealkylation sites (tertiary alicyclic amines) is 1. The first-order valence-electron chi connectivity index (χ1n) is 21.3. The number of esters is 1. The van der Waals surface area contributed by atoms with Gasteiger partial charge >= 0.3 is 5.97 Å². The Morgan fingerprint density at radius 3 is 2.25 bits per heavy atom. The molecule has 2 amide bonds. The number of ether oxygens (including phenoxy) is 2. The second kappa shape index (κ2) is 21.8. The summed E-state index contributed by atoms with van der Waals surface area (Å²) >= 11 is 0. The summed E-state index contributed by atoms with van der Waals surface area (Å²) in [7, 11) is 0. The molecule has 0 saturated carbocycles. The zero-order valence-corrected chi connectivity index (χ0v) is 35.0. The molecule has 13 heteroatoms. The number of fused-ring (bicyclic) bond motifs is 1. The molecule has 1 aliphatic rings. The minimum Gasteiger partial charge on any atom is -0.506 e. The summed E-state index contributed by atoms with van der Waals surface area (Å²) in [5, 5.41) is 30.2.